The zero-order chi connectivity index (χ0) is 12.3. The molecule has 8 heteroatoms. The molecule has 0 bridgehead atoms. The van der Waals surface area contributed by atoms with E-state index in [-0.39, 0.29) is 4.90 Å². The highest BCUT2D eigenvalue weighted by Gasteiger charge is 2.16. The van der Waals surface area contributed by atoms with Crippen LogP contribution < -0.4 is 4.72 Å². The maximum Gasteiger partial charge on any atom is 0.385 e. The molecule has 0 aliphatic rings. The van der Waals surface area contributed by atoms with E-state index in [4.69, 9.17) is 5.39 Å². The van der Waals surface area contributed by atoms with Crippen LogP contribution >= 0.6 is 11.3 Å². The van der Waals surface area contributed by atoms with Crippen molar-refractivity contribution in [3.63, 3.8) is 0 Å². The second-order valence-corrected chi connectivity index (χ2v) is 5.63. The Hall–Kier alpha value is -1.98. The Morgan fingerprint density at radius 1 is 1.29 bits per heavy atom. The maximum absolute atomic E-state index is 11.9. The fraction of sp³-hybridized carbons (Fsp3) is 0. The Labute approximate surface area is 102 Å². The SMILES string of the molecule is N#[N+]c1ccc(S(=O)(=O)Nc2cncs2)cc1. The van der Waals surface area contributed by atoms with Gasteiger partial charge in [0.1, 0.15) is 5.00 Å². The smallest absolute Gasteiger partial charge is 0.269 e. The molecule has 0 aliphatic heterocycles. The number of hydrogen-bond acceptors (Lipinski definition) is 5. The van der Waals surface area contributed by atoms with Gasteiger partial charge >= 0.3 is 5.69 Å². The lowest BCUT2D eigenvalue weighted by molar-refractivity contribution is 0.601. The van der Waals surface area contributed by atoms with Crippen LogP contribution in [0, 0.1) is 5.39 Å². The van der Waals surface area contributed by atoms with Gasteiger partial charge in [-0.2, -0.15) is 0 Å². The van der Waals surface area contributed by atoms with Crippen LogP contribution in [0.4, 0.5) is 10.7 Å². The van der Waals surface area contributed by atoms with Crippen LogP contribution in [0.3, 0.4) is 0 Å². The largest absolute Gasteiger partial charge is 0.385 e. The first-order valence-electron chi connectivity index (χ1n) is 4.48. The predicted molar refractivity (Wildman–Crippen MR) is 64.1 cm³/mol. The molecule has 6 nitrogen and oxygen atoms in total. The molecule has 0 saturated heterocycles. The minimum Gasteiger partial charge on any atom is -0.269 e. The summed E-state index contributed by atoms with van der Waals surface area (Å²) < 4.78 is 26.1. The third-order valence-corrected chi connectivity index (χ3v) is 4.13. The van der Waals surface area contributed by atoms with E-state index < -0.39 is 10.0 Å². The van der Waals surface area contributed by atoms with E-state index in [1.807, 2.05) is 0 Å². The Kier molecular flexibility index (Phi) is 3.03. The summed E-state index contributed by atoms with van der Waals surface area (Å²) in [4.78, 5) is 6.81. The molecular formula is C9H7N4O2S2+. The first-order chi connectivity index (χ1) is 8.12. The lowest BCUT2D eigenvalue weighted by Crippen LogP contribution is -2.11. The Morgan fingerprint density at radius 3 is 2.53 bits per heavy atom. The minimum absolute atomic E-state index is 0.0956. The van der Waals surface area contributed by atoms with Crippen molar-refractivity contribution in [2.45, 2.75) is 4.90 Å². The number of nitrogens with zero attached hydrogens (tertiary/aromatic N) is 3. The summed E-state index contributed by atoms with van der Waals surface area (Å²) in [7, 11) is -3.61. The highest BCUT2D eigenvalue weighted by atomic mass is 32.2. The van der Waals surface area contributed by atoms with Gasteiger partial charge < -0.3 is 0 Å². The van der Waals surface area contributed by atoms with Gasteiger partial charge in [-0.1, -0.05) is 0 Å². The van der Waals surface area contributed by atoms with E-state index in [9.17, 15) is 8.42 Å². The van der Waals surface area contributed by atoms with E-state index in [0.29, 0.717) is 10.7 Å². The van der Waals surface area contributed by atoms with Gasteiger partial charge in [-0.25, -0.2) is 8.42 Å². The molecule has 86 valence electrons. The number of diazo groups is 1. The van der Waals surface area contributed by atoms with Gasteiger partial charge in [0.15, 0.2) is 4.98 Å². The van der Waals surface area contributed by atoms with E-state index in [1.54, 1.807) is 0 Å². The van der Waals surface area contributed by atoms with Crippen molar-refractivity contribution in [3.05, 3.63) is 40.9 Å². The third kappa shape index (κ3) is 2.58. The molecule has 0 fully saturated rings. The minimum atomic E-state index is -3.61. The topological polar surface area (TPSA) is 87.2 Å². The number of aromatic nitrogens is 1. The van der Waals surface area contributed by atoms with Gasteiger partial charge in [0.25, 0.3) is 10.0 Å². The summed E-state index contributed by atoms with van der Waals surface area (Å²) in [6, 6.07) is 5.53. The molecule has 1 aromatic heterocycles. The summed E-state index contributed by atoms with van der Waals surface area (Å²) in [5.41, 5.74) is 1.83. The molecule has 2 aromatic rings. The van der Waals surface area contributed by atoms with Crippen LogP contribution in [0.5, 0.6) is 0 Å². The molecule has 0 aliphatic carbocycles. The zero-order valence-electron chi connectivity index (χ0n) is 8.44. The van der Waals surface area contributed by atoms with E-state index in [0.717, 1.165) is 0 Å². The fourth-order valence-corrected chi connectivity index (χ4v) is 2.96. The molecule has 17 heavy (non-hydrogen) atoms. The molecule has 0 radical (unpaired) electrons. The monoisotopic (exact) mass is 267 g/mol. The molecule has 0 atom stereocenters. The molecule has 1 N–H and O–H groups in total. The van der Waals surface area contributed by atoms with Crippen LogP contribution in [0.15, 0.2) is 40.9 Å². The second kappa shape index (κ2) is 4.48. The molecular weight excluding hydrogens is 260 g/mol. The van der Waals surface area contributed by atoms with E-state index >= 15 is 0 Å². The van der Waals surface area contributed by atoms with Crippen LogP contribution in [0.1, 0.15) is 0 Å². The summed E-state index contributed by atoms with van der Waals surface area (Å²) in [6.07, 6.45) is 1.43. The average Bonchev–Trinajstić information content (AvgIpc) is 2.81. The summed E-state index contributed by atoms with van der Waals surface area (Å²) in [6.45, 7) is 0. The molecule has 0 saturated carbocycles. The van der Waals surface area contributed by atoms with E-state index in [1.165, 1.54) is 47.3 Å². The zero-order valence-corrected chi connectivity index (χ0v) is 10.1. The van der Waals surface area contributed by atoms with Crippen molar-refractivity contribution in [2.75, 3.05) is 4.72 Å². The Balaban J connectivity index is 2.29. The third-order valence-electron chi connectivity index (χ3n) is 1.93. The second-order valence-electron chi connectivity index (χ2n) is 3.07. The summed E-state index contributed by atoms with van der Waals surface area (Å²) >= 11 is 1.19. The van der Waals surface area contributed by atoms with Crippen molar-refractivity contribution in [1.29, 1.82) is 5.39 Å². The average molecular weight is 267 g/mol. The molecule has 1 aromatic carbocycles. The number of hydrogen-bond donors (Lipinski definition) is 1. The van der Waals surface area contributed by atoms with Gasteiger partial charge in [0, 0.05) is 12.1 Å². The summed E-state index contributed by atoms with van der Waals surface area (Å²) in [5.74, 6) is 0. The maximum atomic E-state index is 11.9. The van der Waals surface area contributed by atoms with Gasteiger partial charge in [-0.05, 0) is 12.1 Å². The molecule has 0 amide bonds. The number of nitrogens with one attached hydrogen (secondary N) is 1. The predicted octanol–water partition coefficient (Wildman–Crippen LogP) is 2.43. The van der Waals surface area contributed by atoms with Gasteiger partial charge in [-0.3, -0.25) is 9.71 Å². The number of sulfonamides is 1. The fourth-order valence-electron chi connectivity index (χ4n) is 1.15. The van der Waals surface area contributed by atoms with Crippen LogP contribution in [0.2, 0.25) is 0 Å². The normalized spacial score (nSPS) is 10.8. The van der Waals surface area contributed by atoms with Crippen LogP contribution in [-0.2, 0) is 10.0 Å². The summed E-state index contributed by atoms with van der Waals surface area (Å²) in [5, 5.41) is 8.94. The van der Waals surface area contributed by atoms with Gasteiger partial charge in [0.2, 0.25) is 5.39 Å². The van der Waals surface area contributed by atoms with Gasteiger partial charge in [0.05, 0.1) is 16.6 Å². The van der Waals surface area contributed by atoms with Crippen molar-refractivity contribution in [3.8, 4) is 0 Å². The Morgan fingerprint density at radius 2 is 2.00 bits per heavy atom. The van der Waals surface area contributed by atoms with Crippen molar-refractivity contribution in [1.82, 2.24) is 4.98 Å². The quantitative estimate of drug-likeness (QED) is 0.865. The lowest BCUT2D eigenvalue weighted by Gasteiger charge is -2.03. The highest BCUT2D eigenvalue weighted by molar-refractivity contribution is 7.93. The highest BCUT2D eigenvalue weighted by Crippen LogP contribution is 2.21. The van der Waals surface area contributed by atoms with Crippen LogP contribution in [0.25, 0.3) is 4.98 Å². The number of anilines is 1. The van der Waals surface area contributed by atoms with Crippen LogP contribution in [-0.4, -0.2) is 13.4 Å². The Bertz CT molecular complexity index is 641. The molecule has 0 spiro atoms. The van der Waals surface area contributed by atoms with Crippen molar-refractivity contribution in [2.24, 2.45) is 0 Å². The molecule has 1 heterocycles. The molecule has 0 unspecified atom stereocenters. The first kappa shape index (κ1) is 11.5. The van der Waals surface area contributed by atoms with E-state index in [2.05, 4.69) is 14.7 Å². The number of rotatable bonds is 3. The number of thiazole rings is 1. The van der Waals surface area contributed by atoms with Gasteiger partial charge in [-0.15, -0.1) is 11.3 Å². The lowest BCUT2D eigenvalue weighted by atomic mass is 10.3. The molecule has 2 rings (SSSR count). The number of benzene rings is 1. The van der Waals surface area contributed by atoms with Crippen molar-refractivity contribution < 1.29 is 8.42 Å². The van der Waals surface area contributed by atoms with Crippen molar-refractivity contribution >= 4 is 32.0 Å². The standard InChI is InChI=1S/C9H7N4O2S2/c10-12-7-1-3-8(4-2-7)17(14,15)13-9-5-11-6-16-9/h1-6,13H/q+1. The first-order valence-corrected chi connectivity index (χ1v) is 6.84.